The van der Waals surface area contributed by atoms with Crippen LogP contribution in [0.5, 0.6) is 0 Å². The summed E-state index contributed by atoms with van der Waals surface area (Å²) in [7, 11) is -7.37. The Balaban J connectivity index is 1.44. The van der Waals surface area contributed by atoms with Crippen LogP contribution in [0.1, 0.15) is 32.6 Å². The molecule has 0 spiro atoms. The van der Waals surface area contributed by atoms with Gasteiger partial charge in [0.2, 0.25) is 10.0 Å². The molecule has 0 heterocycles. The van der Waals surface area contributed by atoms with E-state index in [0.29, 0.717) is 17.5 Å². The highest BCUT2D eigenvalue weighted by Gasteiger charge is 2.42. The Kier molecular flexibility index (Phi) is 5.44. The Hall–Kier alpha value is -1.90. The van der Waals surface area contributed by atoms with Gasteiger partial charge in [0.1, 0.15) is 0 Å². The quantitative estimate of drug-likeness (QED) is 0.697. The van der Waals surface area contributed by atoms with E-state index in [1.54, 1.807) is 18.2 Å². The van der Waals surface area contributed by atoms with Crippen molar-refractivity contribution in [1.29, 1.82) is 0 Å². The summed E-state index contributed by atoms with van der Waals surface area (Å²) in [5, 5.41) is 0. The maximum absolute atomic E-state index is 12.8. The first kappa shape index (κ1) is 20.4. The van der Waals surface area contributed by atoms with Crippen LogP contribution in [0, 0.1) is 17.8 Å². The first-order chi connectivity index (χ1) is 13.7. The normalized spacial score (nSPS) is 25.1. The van der Waals surface area contributed by atoms with Crippen molar-refractivity contribution in [3.8, 4) is 0 Å². The van der Waals surface area contributed by atoms with Gasteiger partial charge >= 0.3 is 0 Å². The molecule has 2 aromatic carbocycles. The van der Waals surface area contributed by atoms with Gasteiger partial charge in [0.15, 0.2) is 0 Å². The molecule has 8 heteroatoms. The summed E-state index contributed by atoms with van der Waals surface area (Å²) >= 11 is 0. The van der Waals surface area contributed by atoms with Crippen LogP contribution >= 0.6 is 0 Å². The molecular weight excluding hydrogens is 408 g/mol. The number of hydrogen-bond donors (Lipinski definition) is 2. The summed E-state index contributed by atoms with van der Waals surface area (Å²) in [6.45, 7) is 1.95. The van der Waals surface area contributed by atoms with Gasteiger partial charge in [0, 0.05) is 11.7 Å². The largest absolute Gasteiger partial charge is 0.280 e. The summed E-state index contributed by atoms with van der Waals surface area (Å²) in [6, 6.07) is 13.7. The van der Waals surface area contributed by atoms with Gasteiger partial charge in [-0.1, -0.05) is 24.6 Å². The minimum Gasteiger partial charge on any atom is -0.280 e. The molecule has 29 heavy (non-hydrogen) atoms. The molecule has 2 aliphatic rings. The van der Waals surface area contributed by atoms with Crippen LogP contribution in [0.4, 0.5) is 5.69 Å². The minimum absolute atomic E-state index is 0.105. The second-order valence-electron chi connectivity index (χ2n) is 8.19. The molecule has 2 bridgehead atoms. The number of hydrogen-bond acceptors (Lipinski definition) is 4. The first-order valence-electron chi connectivity index (χ1n) is 9.95. The van der Waals surface area contributed by atoms with Crippen molar-refractivity contribution in [2.45, 2.75) is 48.4 Å². The van der Waals surface area contributed by atoms with Crippen LogP contribution in [0.15, 0.2) is 64.4 Å². The second kappa shape index (κ2) is 7.74. The van der Waals surface area contributed by atoms with Gasteiger partial charge in [-0.25, -0.2) is 21.6 Å². The summed E-state index contributed by atoms with van der Waals surface area (Å²) in [5.41, 5.74) is 0.314. The van der Waals surface area contributed by atoms with E-state index >= 15 is 0 Å². The maximum atomic E-state index is 12.8. The van der Waals surface area contributed by atoms with Gasteiger partial charge in [-0.05, 0) is 80.3 Å². The van der Waals surface area contributed by atoms with E-state index in [1.165, 1.54) is 55.7 Å². The average Bonchev–Trinajstić information content (AvgIpc) is 3.32. The van der Waals surface area contributed by atoms with E-state index in [0.717, 1.165) is 12.3 Å². The maximum Gasteiger partial charge on any atom is 0.261 e. The lowest BCUT2D eigenvalue weighted by Gasteiger charge is -2.28. The van der Waals surface area contributed by atoms with Gasteiger partial charge in [-0.2, -0.15) is 0 Å². The van der Waals surface area contributed by atoms with E-state index in [4.69, 9.17) is 0 Å². The Morgan fingerprint density at radius 1 is 0.828 bits per heavy atom. The van der Waals surface area contributed by atoms with Crippen LogP contribution in [0.25, 0.3) is 0 Å². The molecule has 0 unspecified atom stereocenters. The SMILES string of the molecule is C[C@H](NS(=O)(=O)c1ccc(NS(=O)(=O)c2ccccc2)cc1)[C@@H]1C[C@@H]2CC[C@@H]1C2. The Morgan fingerprint density at radius 2 is 1.48 bits per heavy atom. The molecule has 0 saturated heterocycles. The molecule has 2 N–H and O–H groups in total. The third-order valence-corrected chi connectivity index (χ3v) is 9.22. The Bertz CT molecular complexity index is 1070. The summed E-state index contributed by atoms with van der Waals surface area (Å²) in [5.74, 6) is 1.79. The minimum atomic E-state index is -3.71. The highest BCUT2D eigenvalue weighted by molar-refractivity contribution is 7.92. The fourth-order valence-corrected chi connectivity index (χ4v) is 7.20. The molecule has 0 amide bonds. The zero-order valence-corrected chi connectivity index (χ0v) is 17.9. The number of rotatable bonds is 7. The Labute approximate surface area is 172 Å². The van der Waals surface area contributed by atoms with Crippen molar-refractivity contribution in [2.75, 3.05) is 4.72 Å². The fourth-order valence-electron chi connectivity index (χ4n) is 4.82. The molecule has 2 fully saturated rings. The van der Waals surface area contributed by atoms with E-state index < -0.39 is 20.0 Å². The molecule has 2 aliphatic carbocycles. The zero-order valence-electron chi connectivity index (χ0n) is 16.3. The predicted molar refractivity (Wildman–Crippen MR) is 112 cm³/mol. The van der Waals surface area contributed by atoms with Crippen molar-refractivity contribution in [1.82, 2.24) is 4.72 Å². The van der Waals surface area contributed by atoms with Crippen molar-refractivity contribution < 1.29 is 16.8 Å². The van der Waals surface area contributed by atoms with E-state index in [2.05, 4.69) is 9.44 Å². The fraction of sp³-hybridized carbons (Fsp3) is 0.429. The predicted octanol–water partition coefficient (Wildman–Crippen LogP) is 3.59. The van der Waals surface area contributed by atoms with Gasteiger partial charge < -0.3 is 0 Å². The molecule has 2 aromatic rings. The van der Waals surface area contributed by atoms with Crippen LogP contribution in [0.3, 0.4) is 0 Å². The van der Waals surface area contributed by atoms with E-state index in [9.17, 15) is 16.8 Å². The summed E-state index contributed by atoms with van der Waals surface area (Å²) < 4.78 is 55.6. The lowest BCUT2D eigenvalue weighted by Crippen LogP contribution is -2.40. The number of nitrogens with one attached hydrogen (secondary N) is 2. The summed E-state index contributed by atoms with van der Waals surface area (Å²) in [4.78, 5) is 0.285. The lowest BCUT2D eigenvalue weighted by atomic mass is 9.84. The van der Waals surface area contributed by atoms with E-state index in [1.807, 2.05) is 6.92 Å². The lowest BCUT2D eigenvalue weighted by molar-refractivity contribution is 0.280. The van der Waals surface area contributed by atoms with Crippen molar-refractivity contribution in [2.24, 2.45) is 17.8 Å². The Morgan fingerprint density at radius 3 is 2.07 bits per heavy atom. The first-order valence-corrected chi connectivity index (χ1v) is 12.9. The molecule has 4 rings (SSSR count). The smallest absolute Gasteiger partial charge is 0.261 e. The zero-order chi connectivity index (χ0) is 20.6. The van der Waals surface area contributed by atoms with Crippen molar-refractivity contribution in [3.05, 3.63) is 54.6 Å². The monoisotopic (exact) mass is 434 g/mol. The van der Waals surface area contributed by atoms with Gasteiger partial charge in [0.25, 0.3) is 10.0 Å². The molecular formula is C21H26N2O4S2. The van der Waals surface area contributed by atoms with E-state index in [-0.39, 0.29) is 15.8 Å². The van der Waals surface area contributed by atoms with Crippen LogP contribution < -0.4 is 9.44 Å². The van der Waals surface area contributed by atoms with Crippen LogP contribution in [-0.4, -0.2) is 22.9 Å². The molecule has 2 saturated carbocycles. The molecule has 156 valence electrons. The third-order valence-electron chi connectivity index (χ3n) is 6.25. The molecule has 0 aliphatic heterocycles. The third kappa shape index (κ3) is 4.34. The average molecular weight is 435 g/mol. The number of fused-ring (bicyclic) bond motifs is 2. The van der Waals surface area contributed by atoms with Gasteiger partial charge in [-0.3, -0.25) is 4.72 Å². The molecule has 4 atom stereocenters. The highest BCUT2D eigenvalue weighted by atomic mass is 32.2. The van der Waals surface area contributed by atoms with Gasteiger partial charge in [-0.15, -0.1) is 0 Å². The molecule has 6 nitrogen and oxygen atoms in total. The van der Waals surface area contributed by atoms with Gasteiger partial charge in [0.05, 0.1) is 9.79 Å². The van der Waals surface area contributed by atoms with Crippen LogP contribution in [-0.2, 0) is 20.0 Å². The number of benzene rings is 2. The topological polar surface area (TPSA) is 92.3 Å². The molecule has 0 aromatic heterocycles. The standard InChI is InChI=1S/C21H26N2O4S2/c1-15(21-14-16-7-8-17(21)13-16)22-28(24,25)20-11-9-18(10-12-20)23-29(26,27)19-5-3-2-4-6-19/h2-6,9-12,15-17,21-23H,7-8,13-14H2,1H3/t15-,16+,17+,21-/m0/s1. The second-order valence-corrected chi connectivity index (χ2v) is 11.6. The molecule has 0 radical (unpaired) electrons. The number of sulfonamides is 2. The highest BCUT2D eigenvalue weighted by Crippen LogP contribution is 2.49. The number of anilines is 1. The van der Waals surface area contributed by atoms with Crippen molar-refractivity contribution >= 4 is 25.7 Å². The van der Waals surface area contributed by atoms with Crippen molar-refractivity contribution in [3.63, 3.8) is 0 Å². The summed E-state index contributed by atoms with van der Waals surface area (Å²) in [6.07, 6.45) is 4.82. The van der Waals surface area contributed by atoms with Crippen LogP contribution in [0.2, 0.25) is 0 Å².